The summed E-state index contributed by atoms with van der Waals surface area (Å²) in [7, 11) is 0. The molecule has 0 unspecified atom stereocenters. The first-order valence-corrected chi connectivity index (χ1v) is 6.07. The zero-order valence-electron chi connectivity index (χ0n) is 10.0. The van der Waals surface area contributed by atoms with Crippen LogP contribution in [0.3, 0.4) is 0 Å². The van der Waals surface area contributed by atoms with Crippen molar-refractivity contribution in [2.24, 2.45) is 11.1 Å². The highest BCUT2D eigenvalue weighted by Crippen LogP contribution is 2.33. The van der Waals surface area contributed by atoms with Crippen LogP contribution in [0.5, 0.6) is 0 Å². The van der Waals surface area contributed by atoms with Crippen LogP contribution >= 0.6 is 0 Å². The van der Waals surface area contributed by atoms with Crippen LogP contribution in [0.15, 0.2) is 24.3 Å². The van der Waals surface area contributed by atoms with Gasteiger partial charge in [0.05, 0.1) is 0 Å². The van der Waals surface area contributed by atoms with Crippen LogP contribution in [0.4, 0.5) is 0 Å². The lowest BCUT2D eigenvalue weighted by atomic mass is 9.75. The zero-order chi connectivity index (χ0) is 11.4. The predicted molar refractivity (Wildman–Crippen MR) is 66.4 cm³/mol. The van der Waals surface area contributed by atoms with E-state index in [0.717, 1.165) is 39.0 Å². The molecule has 2 rings (SSSR count). The molecule has 88 valence electrons. The van der Waals surface area contributed by atoms with Gasteiger partial charge in [-0.3, -0.25) is 0 Å². The molecule has 2 nitrogen and oxygen atoms in total. The van der Waals surface area contributed by atoms with Gasteiger partial charge in [-0.1, -0.05) is 29.8 Å². The number of ether oxygens (including phenoxy) is 1. The highest BCUT2D eigenvalue weighted by atomic mass is 16.5. The van der Waals surface area contributed by atoms with Gasteiger partial charge in [-0.25, -0.2) is 0 Å². The summed E-state index contributed by atoms with van der Waals surface area (Å²) in [6, 6.07) is 8.75. The number of aryl methyl sites for hydroxylation is 1. The normalized spacial score (nSPS) is 19.6. The molecule has 2 heteroatoms. The zero-order valence-corrected chi connectivity index (χ0v) is 10.0. The van der Waals surface area contributed by atoms with Crippen molar-refractivity contribution in [2.45, 2.75) is 26.2 Å². The molecule has 1 heterocycles. The Kier molecular flexibility index (Phi) is 3.62. The van der Waals surface area contributed by atoms with Crippen LogP contribution < -0.4 is 5.73 Å². The summed E-state index contributed by atoms with van der Waals surface area (Å²) in [5.41, 5.74) is 8.98. The summed E-state index contributed by atoms with van der Waals surface area (Å²) in [6.07, 6.45) is 3.28. The van der Waals surface area contributed by atoms with Gasteiger partial charge in [0.1, 0.15) is 0 Å². The lowest BCUT2D eigenvalue weighted by Gasteiger charge is -2.36. The molecule has 0 aliphatic carbocycles. The van der Waals surface area contributed by atoms with E-state index in [1.54, 1.807) is 0 Å². The summed E-state index contributed by atoms with van der Waals surface area (Å²) in [4.78, 5) is 0. The third kappa shape index (κ3) is 2.63. The van der Waals surface area contributed by atoms with Gasteiger partial charge in [-0.05, 0) is 43.7 Å². The van der Waals surface area contributed by atoms with E-state index in [1.807, 2.05) is 0 Å². The van der Waals surface area contributed by atoms with Gasteiger partial charge >= 0.3 is 0 Å². The Hall–Kier alpha value is -0.860. The van der Waals surface area contributed by atoms with E-state index in [0.29, 0.717) is 0 Å². The van der Waals surface area contributed by atoms with E-state index in [2.05, 4.69) is 31.2 Å². The Morgan fingerprint density at radius 1 is 1.31 bits per heavy atom. The van der Waals surface area contributed by atoms with Crippen molar-refractivity contribution in [2.75, 3.05) is 19.8 Å². The van der Waals surface area contributed by atoms with Crippen LogP contribution in [-0.4, -0.2) is 19.8 Å². The first kappa shape index (κ1) is 11.6. The Bertz CT molecular complexity index is 342. The van der Waals surface area contributed by atoms with Crippen molar-refractivity contribution >= 4 is 0 Å². The third-order valence-electron chi connectivity index (χ3n) is 3.65. The lowest BCUT2D eigenvalue weighted by molar-refractivity contribution is 0.0191. The maximum absolute atomic E-state index is 5.97. The molecule has 1 fully saturated rings. The van der Waals surface area contributed by atoms with Crippen molar-refractivity contribution in [3.05, 3.63) is 35.4 Å². The Balaban J connectivity index is 2.11. The van der Waals surface area contributed by atoms with E-state index in [4.69, 9.17) is 10.5 Å². The molecule has 0 saturated carbocycles. The van der Waals surface area contributed by atoms with Gasteiger partial charge in [0, 0.05) is 13.2 Å². The summed E-state index contributed by atoms with van der Waals surface area (Å²) in [5, 5.41) is 0. The highest BCUT2D eigenvalue weighted by Gasteiger charge is 2.31. The van der Waals surface area contributed by atoms with Gasteiger partial charge in [-0.15, -0.1) is 0 Å². The second-order valence-corrected chi connectivity index (χ2v) is 4.98. The molecule has 0 amide bonds. The number of rotatable bonds is 3. The van der Waals surface area contributed by atoms with Gasteiger partial charge in [-0.2, -0.15) is 0 Å². The van der Waals surface area contributed by atoms with Gasteiger partial charge < -0.3 is 10.5 Å². The van der Waals surface area contributed by atoms with Gasteiger partial charge in [0.25, 0.3) is 0 Å². The van der Waals surface area contributed by atoms with Crippen LogP contribution in [0.1, 0.15) is 24.0 Å². The number of benzene rings is 1. The quantitative estimate of drug-likeness (QED) is 0.846. The molecule has 0 aromatic heterocycles. The number of nitrogens with two attached hydrogens (primary N) is 1. The van der Waals surface area contributed by atoms with E-state index in [-0.39, 0.29) is 5.41 Å². The van der Waals surface area contributed by atoms with Crippen LogP contribution in [0, 0.1) is 12.3 Å². The van der Waals surface area contributed by atoms with Crippen molar-refractivity contribution in [3.63, 3.8) is 0 Å². The Labute approximate surface area is 97.8 Å². The SMILES string of the molecule is Cc1cccc(CC2(CN)CCOCC2)c1. The van der Waals surface area contributed by atoms with Crippen molar-refractivity contribution in [1.82, 2.24) is 0 Å². The fraction of sp³-hybridized carbons (Fsp3) is 0.571. The Morgan fingerprint density at radius 3 is 2.69 bits per heavy atom. The van der Waals surface area contributed by atoms with E-state index >= 15 is 0 Å². The minimum atomic E-state index is 0.270. The molecule has 1 aliphatic heterocycles. The summed E-state index contributed by atoms with van der Waals surface area (Å²) < 4.78 is 5.43. The van der Waals surface area contributed by atoms with Crippen molar-refractivity contribution < 1.29 is 4.74 Å². The number of hydrogen-bond donors (Lipinski definition) is 1. The molecule has 1 aromatic carbocycles. The van der Waals surface area contributed by atoms with Crippen molar-refractivity contribution in [1.29, 1.82) is 0 Å². The second-order valence-electron chi connectivity index (χ2n) is 4.98. The molecule has 2 N–H and O–H groups in total. The average molecular weight is 219 g/mol. The maximum Gasteiger partial charge on any atom is 0.0471 e. The molecule has 1 aliphatic rings. The van der Waals surface area contributed by atoms with Crippen LogP contribution in [0.2, 0.25) is 0 Å². The monoisotopic (exact) mass is 219 g/mol. The van der Waals surface area contributed by atoms with Crippen LogP contribution in [-0.2, 0) is 11.2 Å². The second kappa shape index (κ2) is 4.98. The largest absolute Gasteiger partial charge is 0.381 e. The first-order valence-electron chi connectivity index (χ1n) is 6.07. The first-order chi connectivity index (χ1) is 7.74. The number of hydrogen-bond acceptors (Lipinski definition) is 2. The average Bonchev–Trinajstić information content (AvgIpc) is 2.30. The Morgan fingerprint density at radius 2 is 2.06 bits per heavy atom. The fourth-order valence-corrected chi connectivity index (χ4v) is 2.51. The lowest BCUT2D eigenvalue weighted by Crippen LogP contribution is -2.38. The van der Waals surface area contributed by atoms with Crippen molar-refractivity contribution in [3.8, 4) is 0 Å². The molecule has 0 radical (unpaired) electrons. The standard InChI is InChI=1S/C14H21NO/c1-12-3-2-4-13(9-12)10-14(11-15)5-7-16-8-6-14/h2-4,9H,5-8,10-11,15H2,1H3. The highest BCUT2D eigenvalue weighted by molar-refractivity contribution is 5.23. The molecule has 1 aromatic rings. The molecule has 0 atom stereocenters. The van der Waals surface area contributed by atoms with Gasteiger partial charge in [0.15, 0.2) is 0 Å². The minimum Gasteiger partial charge on any atom is -0.381 e. The maximum atomic E-state index is 5.97. The van der Waals surface area contributed by atoms with E-state index < -0.39 is 0 Å². The summed E-state index contributed by atoms with van der Waals surface area (Å²) >= 11 is 0. The molecular weight excluding hydrogens is 198 g/mol. The van der Waals surface area contributed by atoms with E-state index in [1.165, 1.54) is 11.1 Å². The van der Waals surface area contributed by atoms with E-state index in [9.17, 15) is 0 Å². The minimum absolute atomic E-state index is 0.270. The molecule has 0 bridgehead atoms. The summed E-state index contributed by atoms with van der Waals surface area (Å²) in [5.74, 6) is 0. The van der Waals surface area contributed by atoms with Gasteiger partial charge in [0.2, 0.25) is 0 Å². The molecule has 16 heavy (non-hydrogen) atoms. The summed E-state index contributed by atoms with van der Waals surface area (Å²) in [6.45, 7) is 4.64. The fourth-order valence-electron chi connectivity index (χ4n) is 2.51. The smallest absolute Gasteiger partial charge is 0.0471 e. The molecular formula is C14H21NO. The topological polar surface area (TPSA) is 35.2 Å². The molecule has 1 saturated heterocycles. The third-order valence-corrected chi connectivity index (χ3v) is 3.65. The predicted octanol–water partition coefficient (Wildman–Crippen LogP) is 2.29. The molecule has 0 spiro atoms. The van der Waals surface area contributed by atoms with Crippen LogP contribution in [0.25, 0.3) is 0 Å².